The molecule has 0 spiro atoms. The minimum absolute atomic E-state index is 0.00352. The van der Waals surface area contributed by atoms with E-state index in [1.165, 1.54) is 25.1 Å². The average molecular weight is 338 g/mol. The molecule has 8 heteroatoms. The Morgan fingerprint density at radius 2 is 2.00 bits per heavy atom. The topological polar surface area (TPSA) is 118 Å². The van der Waals surface area contributed by atoms with Crippen LogP contribution in [0.3, 0.4) is 0 Å². The van der Waals surface area contributed by atoms with Crippen LogP contribution in [0.15, 0.2) is 41.2 Å². The number of hydrogen-bond acceptors (Lipinski definition) is 5. The molecule has 0 saturated heterocycles. The lowest BCUT2D eigenvalue weighted by Gasteiger charge is -2.10. The van der Waals surface area contributed by atoms with E-state index in [9.17, 15) is 19.7 Å². The van der Waals surface area contributed by atoms with Gasteiger partial charge >= 0.3 is 0 Å². The molecule has 8 nitrogen and oxygen atoms in total. The number of hydrogen-bond donors (Lipinski definition) is 2. The Hall–Kier alpha value is -3.55. The molecule has 0 radical (unpaired) electrons. The minimum Gasteiger partial charge on any atom is -0.326 e. The number of nitro benzene ring substituents is 1. The third-order valence-electron chi connectivity index (χ3n) is 3.63. The Labute approximate surface area is 141 Å². The van der Waals surface area contributed by atoms with Crippen LogP contribution in [0.25, 0.3) is 22.3 Å². The van der Waals surface area contributed by atoms with Crippen molar-refractivity contribution in [2.24, 2.45) is 0 Å². The SMILES string of the molecule is CC(=O)Nc1ccc([N+](=O)[O-])cc1-c1nc2ccc(C)cc2[nH]c1=O. The molecule has 0 aliphatic carbocycles. The molecule has 126 valence electrons. The number of carbonyl (C=O) groups is 1. The molecule has 3 aromatic rings. The van der Waals surface area contributed by atoms with Crippen LogP contribution in [-0.2, 0) is 4.79 Å². The van der Waals surface area contributed by atoms with E-state index in [1.807, 2.05) is 13.0 Å². The fourth-order valence-electron chi connectivity index (χ4n) is 2.52. The molecule has 0 unspecified atom stereocenters. The molecule has 0 aliphatic heterocycles. The normalized spacial score (nSPS) is 10.6. The lowest BCUT2D eigenvalue weighted by Crippen LogP contribution is -2.14. The second-order valence-corrected chi connectivity index (χ2v) is 5.60. The zero-order valence-corrected chi connectivity index (χ0v) is 13.5. The molecule has 1 amide bonds. The Morgan fingerprint density at radius 3 is 2.68 bits per heavy atom. The van der Waals surface area contributed by atoms with E-state index in [2.05, 4.69) is 15.3 Å². The van der Waals surface area contributed by atoms with Gasteiger partial charge in [0.15, 0.2) is 0 Å². The summed E-state index contributed by atoms with van der Waals surface area (Å²) in [5, 5.41) is 13.6. The Kier molecular flexibility index (Phi) is 4.02. The fraction of sp³-hybridized carbons (Fsp3) is 0.118. The van der Waals surface area contributed by atoms with Crippen LogP contribution < -0.4 is 10.9 Å². The minimum atomic E-state index is -0.570. The number of aromatic amines is 1. The van der Waals surface area contributed by atoms with Gasteiger partial charge in [-0.3, -0.25) is 19.7 Å². The van der Waals surface area contributed by atoms with E-state index in [4.69, 9.17) is 0 Å². The van der Waals surface area contributed by atoms with Crippen molar-refractivity contribution in [3.8, 4) is 11.3 Å². The third kappa shape index (κ3) is 3.23. The highest BCUT2D eigenvalue weighted by Crippen LogP contribution is 2.29. The van der Waals surface area contributed by atoms with E-state index >= 15 is 0 Å². The summed E-state index contributed by atoms with van der Waals surface area (Å²) >= 11 is 0. The predicted octanol–water partition coefficient (Wildman–Crippen LogP) is 2.77. The van der Waals surface area contributed by atoms with Gasteiger partial charge in [-0.05, 0) is 30.7 Å². The first-order chi connectivity index (χ1) is 11.8. The first kappa shape index (κ1) is 16.3. The molecular weight excluding hydrogens is 324 g/mol. The molecule has 2 aromatic carbocycles. The van der Waals surface area contributed by atoms with Gasteiger partial charge in [-0.2, -0.15) is 0 Å². The second kappa shape index (κ2) is 6.16. The molecule has 1 heterocycles. The highest BCUT2D eigenvalue weighted by molar-refractivity contribution is 5.94. The molecule has 25 heavy (non-hydrogen) atoms. The highest BCUT2D eigenvalue weighted by Gasteiger charge is 2.17. The zero-order chi connectivity index (χ0) is 18.1. The number of rotatable bonds is 3. The summed E-state index contributed by atoms with van der Waals surface area (Å²) in [5.74, 6) is -0.358. The van der Waals surface area contributed by atoms with Gasteiger partial charge in [-0.1, -0.05) is 6.07 Å². The van der Waals surface area contributed by atoms with Gasteiger partial charge in [-0.25, -0.2) is 4.98 Å². The van der Waals surface area contributed by atoms with Crippen LogP contribution in [0.2, 0.25) is 0 Å². The van der Waals surface area contributed by atoms with Crippen molar-refractivity contribution in [3.63, 3.8) is 0 Å². The molecular formula is C17H14N4O4. The van der Waals surface area contributed by atoms with E-state index in [-0.39, 0.29) is 28.5 Å². The van der Waals surface area contributed by atoms with Gasteiger partial charge in [-0.15, -0.1) is 0 Å². The molecule has 1 aromatic heterocycles. The van der Waals surface area contributed by atoms with Crippen LogP contribution in [0.5, 0.6) is 0 Å². The summed E-state index contributed by atoms with van der Waals surface area (Å²) in [7, 11) is 0. The van der Waals surface area contributed by atoms with Crippen LogP contribution >= 0.6 is 0 Å². The average Bonchev–Trinajstić information content (AvgIpc) is 2.54. The fourth-order valence-corrected chi connectivity index (χ4v) is 2.52. The van der Waals surface area contributed by atoms with Gasteiger partial charge in [0.1, 0.15) is 5.69 Å². The molecule has 0 fully saturated rings. The number of amides is 1. The van der Waals surface area contributed by atoms with Crippen LogP contribution in [0.4, 0.5) is 11.4 Å². The van der Waals surface area contributed by atoms with Gasteiger partial charge in [0.05, 0.1) is 21.6 Å². The van der Waals surface area contributed by atoms with Crippen molar-refractivity contribution in [2.75, 3.05) is 5.32 Å². The van der Waals surface area contributed by atoms with E-state index in [0.717, 1.165) is 5.56 Å². The number of non-ortho nitro benzene ring substituents is 1. The standard InChI is InChI=1S/C17H14N4O4/c1-9-3-5-14-15(7-9)20-17(23)16(19-14)12-8-11(21(24)25)4-6-13(12)18-10(2)22/h3-8H,1-2H3,(H,18,22)(H,20,23). The van der Waals surface area contributed by atoms with Crippen LogP contribution in [-0.4, -0.2) is 20.8 Å². The number of aryl methyl sites for hydroxylation is 1. The van der Waals surface area contributed by atoms with Crippen molar-refractivity contribution in [2.45, 2.75) is 13.8 Å². The summed E-state index contributed by atoms with van der Waals surface area (Å²) in [6, 6.07) is 9.25. The van der Waals surface area contributed by atoms with Crippen molar-refractivity contribution in [3.05, 3.63) is 62.4 Å². The smallest absolute Gasteiger partial charge is 0.275 e. The maximum atomic E-state index is 12.5. The number of H-pyrrole nitrogens is 1. The predicted molar refractivity (Wildman–Crippen MR) is 93.5 cm³/mol. The van der Waals surface area contributed by atoms with Crippen molar-refractivity contribution in [1.82, 2.24) is 9.97 Å². The third-order valence-corrected chi connectivity index (χ3v) is 3.63. The summed E-state index contributed by atoms with van der Waals surface area (Å²) in [6.45, 7) is 3.20. The van der Waals surface area contributed by atoms with E-state index in [0.29, 0.717) is 11.0 Å². The number of nitrogens with zero attached hydrogens (tertiary/aromatic N) is 2. The maximum Gasteiger partial charge on any atom is 0.275 e. The molecule has 2 N–H and O–H groups in total. The first-order valence-electron chi connectivity index (χ1n) is 7.42. The zero-order valence-electron chi connectivity index (χ0n) is 13.5. The number of anilines is 1. The molecule has 0 atom stereocenters. The Morgan fingerprint density at radius 1 is 1.24 bits per heavy atom. The van der Waals surface area contributed by atoms with Gasteiger partial charge in [0.25, 0.3) is 11.2 Å². The summed E-state index contributed by atoms with van der Waals surface area (Å²) in [6.07, 6.45) is 0. The van der Waals surface area contributed by atoms with Crippen molar-refractivity contribution in [1.29, 1.82) is 0 Å². The van der Waals surface area contributed by atoms with Crippen LogP contribution in [0, 0.1) is 17.0 Å². The van der Waals surface area contributed by atoms with Gasteiger partial charge in [0, 0.05) is 24.6 Å². The summed E-state index contributed by atoms with van der Waals surface area (Å²) < 4.78 is 0. The number of aromatic nitrogens is 2. The Balaban J connectivity index is 2.28. The van der Waals surface area contributed by atoms with Crippen molar-refractivity contribution < 1.29 is 9.72 Å². The van der Waals surface area contributed by atoms with Gasteiger partial charge in [0.2, 0.25) is 5.91 Å². The second-order valence-electron chi connectivity index (χ2n) is 5.60. The van der Waals surface area contributed by atoms with Crippen LogP contribution in [0.1, 0.15) is 12.5 Å². The number of carbonyl (C=O) groups excluding carboxylic acids is 1. The number of fused-ring (bicyclic) bond motifs is 1. The van der Waals surface area contributed by atoms with Crippen molar-refractivity contribution >= 4 is 28.3 Å². The first-order valence-corrected chi connectivity index (χ1v) is 7.42. The maximum absolute atomic E-state index is 12.5. The number of nitro groups is 1. The molecule has 0 bridgehead atoms. The largest absolute Gasteiger partial charge is 0.326 e. The lowest BCUT2D eigenvalue weighted by molar-refractivity contribution is -0.384. The summed E-state index contributed by atoms with van der Waals surface area (Å²) in [4.78, 5) is 41.4. The lowest BCUT2D eigenvalue weighted by atomic mass is 10.1. The van der Waals surface area contributed by atoms with E-state index in [1.54, 1.807) is 12.1 Å². The summed E-state index contributed by atoms with van der Waals surface area (Å²) in [5.41, 5.74) is 1.85. The van der Waals surface area contributed by atoms with E-state index < -0.39 is 10.5 Å². The molecule has 0 saturated carbocycles. The number of nitrogens with one attached hydrogen (secondary N) is 2. The van der Waals surface area contributed by atoms with Gasteiger partial charge < -0.3 is 10.3 Å². The highest BCUT2D eigenvalue weighted by atomic mass is 16.6. The monoisotopic (exact) mass is 338 g/mol. The quantitative estimate of drug-likeness (QED) is 0.562. The Bertz CT molecular complexity index is 1070. The number of benzene rings is 2. The molecule has 0 aliphatic rings. The molecule has 3 rings (SSSR count).